The van der Waals surface area contributed by atoms with E-state index in [4.69, 9.17) is 5.73 Å². The number of carbonyl (C=O) groups is 1. The lowest BCUT2D eigenvalue weighted by molar-refractivity contribution is -0.129. The third-order valence-electron chi connectivity index (χ3n) is 3.02. The van der Waals surface area contributed by atoms with Gasteiger partial charge in [-0.2, -0.15) is 0 Å². The smallest absolute Gasteiger partial charge is 0.248 e. The van der Waals surface area contributed by atoms with Crippen LogP contribution < -0.4 is 11.1 Å². The van der Waals surface area contributed by atoms with Gasteiger partial charge in [0.15, 0.2) is 0 Å². The molecule has 0 aromatic rings. The number of rotatable bonds is 5. The maximum atomic E-state index is 12.8. The number of amides is 1. The molecule has 0 atom stereocenters. The van der Waals surface area contributed by atoms with Gasteiger partial charge in [0.25, 0.3) is 0 Å². The van der Waals surface area contributed by atoms with E-state index in [1.807, 2.05) is 0 Å². The molecule has 0 radical (unpaired) electrons. The van der Waals surface area contributed by atoms with Gasteiger partial charge in [-0.05, 0) is 32.2 Å². The van der Waals surface area contributed by atoms with Gasteiger partial charge in [0.05, 0.1) is 0 Å². The highest BCUT2D eigenvalue weighted by Crippen LogP contribution is 2.36. The monoisotopic (exact) mass is 234 g/mol. The van der Waals surface area contributed by atoms with Crippen LogP contribution in [0, 0.1) is 5.92 Å². The number of hydrogen-bond acceptors (Lipinski definition) is 2. The van der Waals surface area contributed by atoms with Crippen molar-refractivity contribution in [1.29, 1.82) is 0 Å². The number of halogens is 2. The highest BCUT2D eigenvalue weighted by atomic mass is 19.3. The van der Waals surface area contributed by atoms with E-state index in [-0.39, 0.29) is 24.7 Å². The Morgan fingerprint density at radius 2 is 1.94 bits per heavy atom. The molecule has 3 nitrogen and oxygen atoms in total. The van der Waals surface area contributed by atoms with Crippen molar-refractivity contribution in [1.82, 2.24) is 5.32 Å². The number of carbonyl (C=O) groups excluding carboxylic acids is 1. The fourth-order valence-electron chi connectivity index (χ4n) is 1.93. The fourth-order valence-corrected chi connectivity index (χ4v) is 1.93. The van der Waals surface area contributed by atoms with Crippen LogP contribution in [-0.4, -0.2) is 24.9 Å². The Labute approximate surface area is 94.8 Å². The van der Waals surface area contributed by atoms with Crippen LogP contribution in [0.3, 0.4) is 0 Å². The molecule has 1 fully saturated rings. The molecule has 3 N–H and O–H groups in total. The molecular weight excluding hydrogens is 214 g/mol. The molecule has 0 spiro atoms. The second-order valence-corrected chi connectivity index (χ2v) is 4.42. The lowest BCUT2D eigenvalue weighted by Gasteiger charge is -2.27. The van der Waals surface area contributed by atoms with E-state index < -0.39 is 5.92 Å². The Hall–Kier alpha value is -0.710. The van der Waals surface area contributed by atoms with E-state index in [0.29, 0.717) is 25.9 Å². The highest BCUT2D eigenvalue weighted by Gasteiger charge is 2.37. The zero-order chi connectivity index (χ0) is 12.0. The summed E-state index contributed by atoms with van der Waals surface area (Å²) in [6, 6.07) is 0. The van der Waals surface area contributed by atoms with Crippen molar-refractivity contribution in [3.8, 4) is 0 Å². The Morgan fingerprint density at radius 3 is 2.50 bits per heavy atom. The predicted octanol–water partition coefficient (Wildman–Crippen LogP) is 1.67. The van der Waals surface area contributed by atoms with E-state index in [1.165, 1.54) is 0 Å². The van der Waals surface area contributed by atoms with Crippen LogP contribution in [0.2, 0.25) is 0 Å². The molecule has 0 aromatic carbocycles. The molecule has 1 saturated carbocycles. The average molecular weight is 234 g/mol. The molecule has 1 aliphatic rings. The third-order valence-corrected chi connectivity index (χ3v) is 3.02. The Balaban J connectivity index is 2.18. The van der Waals surface area contributed by atoms with Crippen LogP contribution in [0.15, 0.2) is 0 Å². The molecular formula is C11H20F2N2O. The molecule has 1 rings (SSSR count). The maximum absolute atomic E-state index is 12.8. The average Bonchev–Trinajstić information content (AvgIpc) is 2.24. The van der Waals surface area contributed by atoms with Crippen molar-refractivity contribution in [2.75, 3.05) is 13.1 Å². The molecule has 16 heavy (non-hydrogen) atoms. The topological polar surface area (TPSA) is 55.1 Å². The number of nitrogens with one attached hydrogen (secondary N) is 1. The van der Waals surface area contributed by atoms with Gasteiger partial charge in [-0.1, -0.05) is 0 Å². The standard InChI is InChI=1S/C11H20F2N2O/c12-11(13)5-3-9(4-6-11)10(16)15-8-2-1-7-14/h9H,1-8,14H2,(H,15,16). The molecule has 5 heteroatoms. The van der Waals surface area contributed by atoms with Crippen molar-refractivity contribution in [3.63, 3.8) is 0 Å². The first-order chi connectivity index (χ1) is 7.55. The Kier molecular flexibility index (Phi) is 5.12. The van der Waals surface area contributed by atoms with Gasteiger partial charge in [0, 0.05) is 25.3 Å². The fraction of sp³-hybridized carbons (Fsp3) is 0.909. The van der Waals surface area contributed by atoms with E-state index in [9.17, 15) is 13.6 Å². The molecule has 94 valence electrons. The van der Waals surface area contributed by atoms with Gasteiger partial charge >= 0.3 is 0 Å². The van der Waals surface area contributed by atoms with Crippen LogP contribution >= 0.6 is 0 Å². The van der Waals surface area contributed by atoms with E-state index in [1.54, 1.807) is 0 Å². The van der Waals surface area contributed by atoms with E-state index >= 15 is 0 Å². The second-order valence-electron chi connectivity index (χ2n) is 4.42. The van der Waals surface area contributed by atoms with Crippen molar-refractivity contribution in [2.45, 2.75) is 44.4 Å². The minimum Gasteiger partial charge on any atom is -0.356 e. The van der Waals surface area contributed by atoms with Gasteiger partial charge in [0.1, 0.15) is 0 Å². The summed E-state index contributed by atoms with van der Waals surface area (Å²) in [6.07, 6.45) is 2.02. The van der Waals surface area contributed by atoms with Crippen LogP contribution in [0.25, 0.3) is 0 Å². The SMILES string of the molecule is NCCCCNC(=O)C1CCC(F)(F)CC1. The molecule has 1 aliphatic carbocycles. The first-order valence-corrected chi connectivity index (χ1v) is 5.91. The number of unbranched alkanes of at least 4 members (excludes halogenated alkanes) is 1. The third kappa shape index (κ3) is 4.43. The summed E-state index contributed by atoms with van der Waals surface area (Å²) in [5.41, 5.74) is 5.32. The molecule has 0 aliphatic heterocycles. The lowest BCUT2D eigenvalue weighted by atomic mass is 9.86. The molecule has 0 heterocycles. The van der Waals surface area contributed by atoms with Gasteiger partial charge < -0.3 is 11.1 Å². The van der Waals surface area contributed by atoms with Crippen molar-refractivity contribution in [2.24, 2.45) is 11.7 Å². The van der Waals surface area contributed by atoms with Gasteiger partial charge in [-0.15, -0.1) is 0 Å². The maximum Gasteiger partial charge on any atom is 0.248 e. The normalized spacial score (nSPS) is 20.7. The van der Waals surface area contributed by atoms with Crippen LogP contribution in [-0.2, 0) is 4.79 Å². The van der Waals surface area contributed by atoms with Crippen LogP contribution in [0.4, 0.5) is 8.78 Å². The summed E-state index contributed by atoms with van der Waals surface area (Å²) in [6.45, 7) is 1.22. The minimum atomic E-state index is -2.56. The van der Waals surface area contributed by atoms with Crippen LogP contribution in [0.1, 0.15) is 38.5 Å². The molecule has 0 unspecified atom stereocenters. The summed E-state index contributed by atoms with van der Waals surface area (Å²) >= 11 is 0. The van der Waals surface area contributed by atoms with Crippen molar-refractivity contribution in [3.05, 3.63) is 0 Å². The molecule has 0 bridgehead atoms. The highest BCUT2D eigenvalue weighted by molar-refractivity contribution is 5.78. The minimum absolute atomic E-state index is 0.0764. The zero-order valence-electron chi connectivity index (χ0n) is 9.48. The number of alkyl halides is 2. The summed E-state index contributed by atoms with van der Waals surface area (Å²) in [5, 5.41) is 2.78. The number of hydrogen-bond donors (Lipinski definition) is 2. The first-order valence-electron chi connectivity index (χ1n) is 5.91. The van der Waals surface area contributed by atoms with Gasteiger partial charge in [-0.25, -0.2) is 8.78 Å². The van der Waals surface area contributed by atoms with E-state index in [2.05, 4.69) is 5.32 Å². The summed E-state index contributed by atoms with van der Waals surface area (Å²) < 4.78 is 25.7. The van der Waals surface area contributed by atoms with Crippen molar-refractivity contribution >= 4 is 5.91 Å². The number of nitrogens with two attached hydrogens (primary N) is 1. The van der Waals surface area contributed by atoms with Gasteiger partial charge in [0.2, 0.25) is 11.8 Å². The van der Waals surface area contributed by atoms with Gasteiger partial charge in [-0.3, -0.25) is 4.79 Å². The first kappa shape index (κ1) is 13.4. The molecule has 0 saturated heterocycles. The summed E-state index contributed by atoms with van der Waals surface area (Å²) in [7, 11) is 0. The van der Waals surface area contributed by atoms with Crippen LogP contribution in [0.5, 0.6) is 0 Å². The second kappa shape index (κ2) is 6.13. The summed E-state index contributed by atoms with van der Waals surface area (Å²) in [5.74, 6) is -2.86. The predicted molar refractivity (Wildman–Crippen MR) is 58.2 cm³/mol. The summed E-state index contributed by atoms with van der Waals surface area (Å²) in [4.78, 5) is 11.6. The molecule has 0 aromatic heterocycles. The lowest BCUT2D eigenvalue weighted by Crippen LogP contribution is -2.36. The quantitative estimate of drug-likeness (QED) is 0.711. The molecule has 1 amide bonds. The largest absolute Gasteiger partial charge is 0.356 e. The Morgan fingerprint density at radius 1 is 1.31 bits per heavy atom. The van der Waals surface area contributed by atoms with Crippen molar-refractivity contribution < 1.29 is 13.6 Å². The van der Waals surface area contributed by atoms with E-state index in [0.717, 1.165) is 12.8 Å². The Bertz CT molecular complexity index is 224. The zero-order valence-corrected chi connectivity index (χ0v) is 9.48.